The summed E-state index contributed by atoms with van der Waals surface area (Å²) in [5.74, 6) is 1.26. The molecule has 2 nitrogen and oxygen atoms in total. The van der Waals surface area contributed by atoms with Crippen molar-refractivity contribution in [3.63, 3.8) is 0 Å². The number of aliphatic hydroxyl groups is 1. The van der Waals surface area contributed by atoms with Crippen molar-refractivity contribution < 1.29 is 5.11 Å². The minimum Gasteiger partial charge on any atom is -0.393 e. The van der Waals surface area contributed by atoms with Crippen molar-refractivity contribution in [2.75, 3.05) is 13.1 Å². The van der Waals surface area contributed by atoms with Gasteiger partial charge in [-0.2, -0.15) is 0 Å². The van der Waals surface area contributed by atoms with E-state index >= 15 is 0 Å². The van der Waals surface area contributed by atoms with Crippen molar-refractivity contribution in [2.24, 2.45) is 11.8 Å². The van der Waals surface area contributed by atoms with E-state index in [-0.39, 0.29) is 6.10 Å². The predicted octanol–water partition coefficient (Wildman–Crippen LogP) is 2.45. The van der Waals surface area contributed by atoms with Crippen LogP contribution >= 0.6 is 0 Å². The number of benzene rings is 1. The van der Waals surface area contributed by atoms with E-state index in [1.165, 1.54) is 12.0 Å². The van der Waals surface area contributed by atoms with Crippen molar-refractivity contribution in [2.45, 2.75) is 31.9 Å². The summed E-state index contributed by atoms with van der Waals surface area (Å²) in [4.78, 5) is 2.53. The first-order valence-electron chi connectivity index (χ1n) is 6.73. The molecule has 4 unspecified atom stereocenters. The summed E-state index contributed by atoms with van der Waals surface area (Å²) in [5.41, 5.74) is 1.39. The lowest BCUT2D eigenvalue weighted by Crippen LogP contribution is -2.27. The van der Waals surface area contributed by atoms with Crippen LogP contribution in [0.15, 0.2) is 30.3 Å². The molecule has 92 valence electrons. The highest BCUT2D eigenvalue weighted by Crippen LogP contribution is 2.40. The molecular formula is C15H21NO. The van der Waals surface area contributed by atoms with Crippen LogP contribution in [0.4, 0.5) is 0 Å². The number of likely N-dealkylation sites (tertiary alicyclic amines) is 1. The second-order valence-electron chi connectivity index (χ2n) is 5.61. The first-order valence-corrected chi connectivity index (χ1v) is 6.73. The summed E-state index contributed by atoms with van der Waals surface area (Å²) in [6, 6.07) is 11.2. The van der Waals surface area contributed by atoms with Gasteiger partial charge in [-0.05, 0) is 31.2 Å². The lowest BCUT2D eigenvalue weighted by Gasteiger charge is -2.26. The van der Waals surface area contributed by atoms with Gasteiger partial charge in [0, 0.05) is 25.0 Å². The van der Waals surface area contributed by atoms with Crippen molar-refractivity contribution >= 4 is 0 Å². The molecule has 2 fully saturated rings. The van der Waals surface area contributed by atoms with E-state index in [1.54, 1.807) is 0 Å². The zero-order valence-corrected chi connectivity index (χ0v) is 10.4. The topological polar surface area (TPSA) is 23.5 Å². The molecule has 0 bridgehead atoms. The Morgan fingerprint density at radius 2 is 1.94 bits per heavy atom. The molecule has 1 saturated carbocycles. The highest BCUT2D eigenvalue weighted by atomic mass is 16.3. The molecule has 1 heterocycles. The Morgan fingerprint density at radius 3 is 2.65 bits per heavy atom. The Bertz CT molecular complexity index is 378. The normalized spacial score (nSPS) is 34.8. The van der Waals surface area contributed by atoms with E-state index in [1.807, 2.05) is 0 Å². The monoisotopic (exact) mass is 231 g/mol. The van der Waals surface area contributed by atoms with Gasteiger partial charge in [0.05, 0.1) is 6.10 Å². The number of nitrogens with zero attached hydrogens (tertiary/aromatic N) is 1. The van der Waals surface area contributed by atoms with E-state index < -0.39 is 0 Å². The Morgan fingerprint density at radius 1 is 1.18 bits per heavy atom. The van der Waals surface area contributed by atoms with E-state index in [9.17, 15) is 5.11 Å². The molecule has 17 heavy (non-hydrogen) atoms. The zero-order valence-electron chi connectivity index (χ0n) is 10.4. The van der Waals surface area contributed by atoms with Gasteiger partial charge >= 0.3 is 0 Å². The van der Waals surface area contributed by atoms with Gasteiger partial charge in [-0.15, -0.1) is 0 Å². The summed E-state index contributed by atoms with van der Waals surface area (Å²) in [5, 5.41) is 9.94. The molecule has 3 rings (SSSR count). The SMILES string of the molecule is CC(c1ccccc1)N1CC2CCC(O)C2C1. The van der Waals surface area contributed by atoms with Gasteiger partial charge in [-0.3, -0.25) is 4.90 Å². The third-order valence-electron chi connectivity index (χ3n) is 4.68. The molecule has 1 saturated heterocycles. The molecule has 1 aliphatic carbocycles. The first kappa shape index (κ1) is 11.2. The second-order valence-corrected chi connectivity index (χ2v) is 5.61. The third kappa shape index (κ3) is 2.00. The van der Waals surface area contributed by atoms with Crippen LogP contribution in [0, 0.1) is 11.8 Å². The number of fused-ring (bicyclic) bond motifs is 1. The molecule has 0 aromatic heterocycles. The maximum absolute atomic E-state index is 9.94. The van der Waals surface area contributed by atoms with Crippen molar-refractivity contribution in [1.29, 1.82) is 0 Å². The minimum atomic E-state index is -0.0482. The number of rotatable bonds is 2. The zero-order chi connectivity index (χ0) is 11.8. The summed E-state index contributed by atoms with van der Waals surface area (Å²) in [6.07, 6.45) is 2.18. The van der Waals surface area contributed by atoms with Gasteiger partial charge in [0.25, 0.3) is 0 Å². The van der Waals surface area contributed by atoms with Gasteiger partial charge in [-0.1, -0.05) is 30.3 Å². The molecule has 1 aromatic carbocycles. The van der Waals surface area contributed by atoms with Crippen molar-refractivity contribution in [3.8, 4) is 0 Å². The number of hydrogen-bond acceptors (Lipinski definition) is 2. The number of hydrogen-bond donors (Lipinski definition) is 1. The molecule has 2 heteroatoms. The van der Waals surface area contributed by atoms with Gasteiger partial charge in [0.1, 0.15) is 0 Å². The van der Waals surface area contributed by atoms with Gasteiger partial charge in [-0.25, -0.2) is 0 Å². The highest BCUT2D eigenvalue weighted by molar-refractivity contribution is 5.19. The summed E-state index contributed by atoms with van der Waals surface area (Å²) < 4.78 is 0. The molecule has 0 amide bonds. The van der Waals surface area contributed by atoms with Gasteiger partial charge < -0.3 is 5.11 Å². The summed E-state index contributed by atoms with van der Waals surface area (Å²) >= 11 is 0. The first-order chi connectivity index (χ1) is 8.25. The van der Waals surface area contributed by atoms with E-state index in [4.69, 9.17) is 0 Å². The van der Waals surface area contributed by atoms with Crippen LogP contribution in [0.25, 0.3) is 0 Å². The fourth-order valence-corrected chi connectivity index (χ4v) is 3.53. The van der Waals surface area contributed by atoms with E-state index in [0.717, 1.165) is 25.4 Å². The van der Waals surface area contributed by atoms with Crippen LogP contribution in [0.1, 0.15) is 31.4 Å². The van der Waals surface area contributed by atoms with Crippen molar-refractivity contribution in [1.82, 2.24) is 4.90 Å². The molecule has 1 N–H and O–H groups in total. The standard InChI is InChI=1S/C15H21NO/c1-11(12-5-3-2-4-6-12)16-9-13-7-8-15(17)14(13)10-16/h2-6,11,13-15,17H,7-10H2,1H3. The third-order valence-corrected chi connectivity index (χ3v) is 4.68. The number of aliphatic hydroxyl groups excluding tert-OH is 1. The minimum absolute atomic E-state index is 0.0482. The molecular weight excluding hydrogens is 210 g/mol. The van der Waals surface area contributed by atoms with Gasteiger partial charge in [0.15, 0.2) is 0 Å². The Kier molecular flexibility index (Phi) is 2.93. The Hall–Kier alpha value is -0.860. The smallest absolute Gasteiger partial charge is 0.0583 e. The van der Waals surface area contributed by atoms with Crippen LogP contribution in [0.2, 0.25) is 0 Å². The predicted molar refractivity (Wildman–Crippen MR) is 68.7 cm³/mol. The van der Waals surface area contributed by atoms with E-state index in [2.05, 4.69) is 42.2 Å². The van der Waals surface area contributed by atoms with Crippen LogP contribution in [0.5, 0.6) is 0 Å². The average Bonchev–Trinajstić information content (AvgIpc) is 2.92. The molecule has 1 aromatic rings. The second kappa shape index (κ2) is 4.43. The fourth-order valence-electron chi connectivity index (χ4n) is 3.53. The van der Waals surface area contributed by atoms with Crippen LogP contribution in [-0.4, -0.2) is 29.2 Å². The quantitative estimate of drug-likeness (QED) is 0.845. The highest BCUT2D eigenvalue weighted by Gasteiger charge is 2.42. The molecule has 0 radical (unpaired) electrons. The molecule has 4 atom stereocenters. The lowest BCUT2D eigenvalue weighted by atomic mass is 10.00. The fraction of sp³-hybridized carbons (Fsp3) is 0.600. The average molecular weight is 231 g/mol. The van der Waals surface area contributed by atoms with Crippen molar-refractivity contribution in [3.05, 3.63) is 35.9 Å². The Balaban J connectivity index is 1.71. The van der Waals surface area contributed by atoms with Crippen LogP contribution < -0.4 is 0 Å². The maximum Gasteiger partial charge on any atom is 0.0583 e. The van der Waals surface area contributed by atoms with E-state index in [0.29, 0.717) is 12.0 Å². The summed E-state index contributed by atoms with van der Waals surface area (Å²) in [7, 11) is 0. The van der Waals surface area contributed by atoms with Crippen LogP contribution in [0.3, 0.4) is 0 Å². The lowest BCUT2D eigenvalue weighted by molar-refractivity contribution is 0.119. The maximum atomic E-state index is 9.94. The molecule has 0 spiro atoms. The molecule has 2 aliphatic rings. The van der Waals surface area contributed by atoms with Crippen LogP contribution in [-0.2, 0) is 0 Å². The molecule has 1 aliphatic heterocycles. The Labute approximate surface area is 103 Å². The van der Waals surface area contributed by atoms with Gasteiger partial charge in [0.2, 0.25) is 0 Å². The summed E-state index contributed by atoms with van der Waals surface area (Å²) in [6.45, 7) is 4.52. The largest absolute Gasteiger partial charge is 0.393 e.